The molecule has 3 aromatic rings. The maximum atomic E-state index is 12.6. The minimum atomic E-state index is -3.86. The molecule has 1 amide bonds. The van der Waals surface area contributed by atoms with Crippen molar-refractivity contribution >= 4 is 38.2 Å². The molecule has 0 aliphatic carbocycles. The van der Waals surface area contributed by atoms with Crippen LogP contribution in [0, 0.1) is 13.8 Å². The molecule has 0 unspecified atom stereocenters. The molecule has 1 heterocycles. The third kappa shape index (κ3) is 4.39. The molecule has 0 fully saturated rings. The van der Waals surface area contributed by atoms with E-state index < -0.39 is 15.9 Å². The number of carbonyl (C=O) groups is 1. The van der Waals surface area contributed by atoms with E-state index in [1.807, 2.05) is 33.8 Å². The number of ether oxygens (including phenoxy) is 1. The fraction of sp³-hybridized carbons (Fsp3) is 0.227. The maximum Gasteiger partial charge on any atom is 0.248 e. The molecule has 0 saturated heterocycles. The second-order valence-electron chi connectivity index (χ2n) is 7.00. The third-order valence-corrected chi connectivity index (χ3v) is 5.64. The van der Waals surface area contributed by atoms with E-state index in [2.05, 4.69) is 5.32 Å². The number of nitrogens with two attached hydrogens (primary N) is 1. The first kappa shape index (κ1) is 21.6. The Morgan fingerprint density at radius 1 is 1.27 bits per heavy atom. The molecule has 1 aromatic heterocycles. The van der Waals surface area contributed by atoms with Gasteiger partial charge in [0.1, 0.15) is 11.3 Å². The molecule has 3 rings (SSSR count). The molecular formula is C22H24N2O5S. The summed E-state index contributed by atoms with van der Waals surface area (Å²) in [4.78, 5) is 12.5. The van der Waals surface area contributed by atoms with E-state index in [0.717, 1.165) is 27.7 Å². The van der Waals surface area contributed by atoms with Crippen LogP contribution in [0.5, 0.6) is 5.75 Å². The second kappa shape index (κ2) is 8.33. The highest BCUT2D eigenvalue weighted by molar-refractivity contribution is 7.89. The smallest absolute Gasteiger partial charge is 0.248 e. The van der Waals surface area contributed by atoms with Crippen LogP contribution in [0.4, 0.5) is 5.69 Å². The summed E-state index contributed by atoms with van der Waals surface area (Å²) in [5.41, 5.74) is 4.44. The summed E-state index contributed by atoms with van der Waals surface area (Å²) in [6, 6.07) is 7.73. The van der Waals surface area contributed by atoms with E-state index in [4.69, 9.17) is 14.3 Å². The topological polar surface area (TPSA) is 112 Å². The number of primary sulfonamides is 1. The number of fused-ring (bicyclic) bond motifs is 1. The summed E-state index contributed by atoms with van der Waals surface area (Å²) in [5, 5.41) is 8.78. The van der Waals surface area contributed by atoms with Crippen LogP contribution in [0.3, 0.4) is 0 Å². The van der Waals surface area contributed by atoms with Gasteiger partial charge in [0.15, 0.2) is 0 Å². The summed E-state index contributed by atoms with van der Waals surface area (Å²) in [5.74, 6) is 0.264. The predicted molar refractivity (Wildman–Crippen MR) is 117 cm³/mol. The van der Waals surface area contributed by atoms with Gasteiger partial charge in [-0.05, 0) is 63.1 Å². The molecule has 0 aliphatic heterocycles. The summed E-state index contributed by atoms with van der Waals surface area (Å²) >= 11 is 0. The number of hydrogen-bond acceptors (Lipinski definition) is 5. The number of nitrogens with one attached hydrogen (secondary N) is 1. The number of anilines is 1. The van der Waals surface area contributed by atoms with Crippen molar-refractivity contribution < 1.29 is 22.4 Å². The number of sulfonamides is 1. The number of allylic oxidation sites excluding steroid dienone is 1. The van der Waals surface area contributed by atoms with Crippen molar-refractivity contribution in [2.45, 2.75) is 32.6 Å². The Labute approximate surface area is 175 Å². The van der Waals surface area contributed by atoms with E-state index in [-0.39, 0.29) is 4.90 Å². The van der Waals surface area contributed by atoms with Crippen LogP contribution in [0.1, 0.15) is 30.5 Å². The number of hydrogen-bond donors (Lipinski definition) is 2. The van der Waals surface area contributed by atoms with Gasteiger partial charge in [-0.2, -0.15) is 0 Å². The minimum Gasteiger partial charge on any atom is -0.493 e. The highest BCUT2D eigenvalue weighted by Crippen LogP contribution is 2.37. The fourth-order valence-corrected chi connectivity index (χ4v) is 3.82. The summed E-state index contributed by atoms with van der Waals surface area (Å²) < 4.78 is 34.5. The van der Waals surface area contributed by atoms with Crippen molar-refractivity contribution in [3.63, 3.8) is 0 Å². The van der Waals surface area contributed by atoms with E-state index in [0.29, 0.717) is 23.6 Å². The monoisotopic (exact) mass is 428 g/mol. The first-order chi connectivity index (χ1) is 14.1. The average molecular weight is 429 g/mol. The zero-order valence-electron chi connectivity index (χ0n) is 17.3. The van der Waals surface area contributed by atoms with Gasteiger partial charge in [0.05, 0.1) is 17.8 Å². The summed E-state index contributed by atoms with van der Waals surface area (Å²) in [6.45, 7) is 8.06. The Hall–Kier alpha value is -3.10. The van der Waals surface area contributed by atoms with Gasteiger partial charge in [-0.1, -0.05) is 6.07 Å². The molecule has 0 aliphatic rings. The molecule has 8 heteroatoms. The van der Waals surface area contributed by atoms with Gasteiger partial charge in [-0.3, -0.25) is 4.79 Å². The first-order valence-corrected chi connectivity index (χ1v) is 10.9. The van der Waals surface area contributed by atoms with Crippen LogP contribution in [0.25, 0.3) is 16.5 Å². The Kier molecular flexibility index (Phi) is 6.00. The highest BCUT2D eigenvalue weighted by atomic mass is 32.2. The second-order valence-corrected chi connectivity index (χ2v) is 8.56. The van der Waals surface area contributed by atoms with Crippen LogP contribution in [-0.4, -0.2) is 20.9 Å². The van der Waals surface area contributed by atoms with Crippen LogP contribution in [0.15, 0.2) is 52.0 Å². The Morgan fingerprint density at radius 2 is 2.00 bits per heavy atom. The highest BCUT2D eigenvalue weighted by Gasteiger charge is 2.17. The van der Waals surface area contributed by atoms with Crippen LogP contribution < -0.4 is 15.2 Å². The predicted octanol–water partition coefficient (Wildman–Crippen LogP) is 4.14. The molecule has 0 saturated carbocycles. The average Bonchev–Trinajstić information content (AvgIpc) is 3.04. The Morgan fingerprint density at radius 3 is 2.67 bits per heavy atom. The zero-order valence-corrected chi connectivity index (χ0v) is 18.1. The van der Waals surface area contributed by atoms with Crippen molar-refractivity contribution in [2.24, 2.45) is 5.14 Å². The SMILES string of the molecule is CCOc1c(/C(C)=C/C(=O)Nc2cccc(S(N)(=O)=O)c2)cc2c(C)coc2c1C. The Bertz CT molecular complexity index is 1260. The van der Waals surface area contributed by atoms with Crippen molar-refractivity contribution in [1.82, 2.24) is 0 Å². The molecule has 30 heavy (non-hydrogen) atoms. The molecule has 2 aromatic carbocycles. The van der Waals surface area contributed by atoms with Crippen molar-refractivity contribution in [1.29, 1.82) is 0 Å². The number of amides is 1. The van der Waals surface area contributed by atoms with Gasteiger partial charge >= 0.3 is 0 Å². The quantitative estimate of drug-likeness (QED) is 0.573. The lowest BCUT2D eigenvalue weighted by molar-refractivity contribution is -0.111. The van der Waals surface area contributed by atoms with Gasteiger partial charge in [0.25, 0.3) is 0 Å². The molecular weight excluding hydrogens is 404 g/mol. The lowest BCUT2D eigenvalue weighted by atomic mass is 9.98. The normalized spacial score (nSPS) is 12.2. The molecule has 3 N–H and O–H groups in total. The van der Waals surface area contributed by atoms with E-state index in [1.165, 1.54) is 24.3 Å². The number of benzene rings is 2. The van der Waals surface area contributed by atoms with E-state index in [9.17, 15) is 13.2 Å². The molecule has 0 bridgehead atoms. The lowest BCUT2D eigenvalue weighted by Crippen LogP contribution is -2.13. The largest absolute Gasteiger partial charge is 0.493 e. The lowest BCUT2D eigenvalue weighted by Gasteiger charge is -2.14. The van der Waals surface area contributed by atoms with E-state index in [1.54, 1.807) is 12.3 Å². The molecule has 0 atom stereocenters. The minimum absolute atomic E-state index is 0.0730. The van der Waals surface area contributed by atoms with Gasteiger partial charge in [-0.15, -0.1) is 0 Å². The summed E-state index contributed by atoms with van der Waals surface area (Å²) in [7, 11) is -3.86. The van der Waals surface area contributed by atoms with Crippen LogP contribution in [0.2, 0.25) is 0 Å². The Balaban J connectivity index is 1.96. The van der Waals surface area contributed by atoms with Crippen molar-refractivity contribution in [2.75, 3.05) is 11.9 Å². The van der Waals surface area contributed by atoms with Crippen molar-refractivity contribution in [3.05, 3.63) is 59.4 Å². The number of rotatable bonds is 6. The number of aryl methyl sites for hydroxylation is 2. The summed E-state index contributed by atoms with van der Waals surface area (Å²) in [6.07, 6.45) is 3.14. The molecule has 0 spiro atoms. The maximum absolute atomic E-state index is 12.6. The number of furan rings is 1. The zero-order chi connectivity index (χ0) is 22.1. The van der Waals surface area contributed by atoms with Gasteiger partial charge < -0.3 is 14.5 Å². The van der Waals surface area contributed by atoms with Crippen LogP contribution >= 0.6 is 0 Å². The fourth-order valence-electron chi connectivity index (χ4n) is 3.26. The van der Waals surface area contributed by atoms with Crippen molar-refractivity contribution in [3.8, 4) is 5.75 Å². The number of carbonyl (C=O) groups excluding carboxylic acids is 1. The molecule has 158 valence electrons. The van der Waals surface area contributed by atoms with Crippen LogP contribution in [-0.2, 0) is 14.8 Å². The third-order valence-electron chi connectivity index (χ3n) is 4.73. The van der Waals surface area contributed by atoms with Gasteiger partial charge in [-0.25, -0.2) is 13.6 Å². The standard InChI is InChI=1S/C22H24N2O5S/c1-5-28-21-15(4)22-19(14(3)12-29-22)11-18(21)13(2)9-20(25)24-16-7-6-8-17(10-16)30(23,26)27/h6-12H,5H2,1-4H3,(H,24,25)(H2,23,26,27)/b13-9+. The molecule has 7 nitrogen and oxygen atoms in total. The van der Waals surface area contributed by atoms with E-state index >= 15 is 0 Å². The van der Waals surface area contributed by atoms with Gasteiger partial charge in [0, 0.05) is 28.3 Å². The first-order valence-electron chi connectivity index (χ1n) is 9.38. The van der Waals surface area contributed by atoms with Gasteiger partial charge in [0.2, 0.25) is 15.9 Å². The molecule has 0 radical (unpaired) electrons.